The van der Waals surface area contributed by atoms with Crippen LogP contribution in [-0.4, -0.2) is 76.7 Å². The molecule has 1 unspecified atom stereocenters. The molecular formula is C22H37N7O3. The molecule has 0 bridgehead atoms. The van der Waals surface area contributed by atoms with E-state index in [1.807, 2.05) is 38.5 Å². The number of guanidine groups is 1. The van der Waals surface area contributed by atoms with E-state index in [4.69, 9.17) is 9.15 Å². The van der Waals surface area contributed by atoms with Crippen LogP contribution < -0.4 is 10.6 Å². The molecule has 1 fully saturated rings. The Morgan fingerprint density at radius 2 is 1.97 bits per heavy atom. The van der Waals surface area contributed by atoms with Gasteiger partial charge < -0.3 is 29.5 Å². The molecular weight excluding hydrogens is 410 g/mol. The SMILES string of the molecule is Cc1cc(C(C)(O)CNC(=NCc2nnc(C)n2C)NCCCN2CCOCC2)c(C)o1. The second-order valence-electron chi connectivity index (χ2n) is 8.58. The van der Waals surface area contributed by atoms with Crippen molar-refractivity contribution in [3.63, 3.8) is 0 Å². The minimum atomic E-state index is -1.10. The van der Waals surface area contributed by atoms with Gasteiger partial charge in [-0.25, -0.2) is 4.99 Å². The Labute approximate surface area is 190 Å². The zero-order chi connectivity index (χ0) is 23.1. The van der Waals surface area contributed by atoms with Crippen molar-refractivity contribution in [2.24, 2.45) is 12.0 Å². The van der Waals surface area contributed by atoms with Crippen molar-refractivity contribution < 1.29 is 14.3 Å². The van der Waals surface area contributed by atoms with Crippen LogP contribution in [0.25, 0.3) is 0 Å². The predicted octanol–water partition coefficient (Wildman–Crippen LogP) is 0.999. The lowest BCUT2D eigenvalue weighted by atomic mass is 9.96. The Morgan fingerprint density at radius 1 is 1.22 bits per heavy atom. The Morgan fingerprint density at radius 3 is 2.59 bits per heavy atom. The second kappa shape index (κ2) is 10.9. The van der Waals surface area contributed by atoms with Crippen LogP contribution in [-0.2, 0) is 23.9 Å². The van der Waals surface area contributed by atoms with Gasteiger partial charge in [0.2, 0.25) is 0 Å². The molecule has 0 aliphatic carbocycles. The van der Waals surface area contributed by atoms with E-state index < -0.39 is 5.60 Å². The molecule has 0 spiro atoms. The van der Waals surface area contributed by atoms with Gasteiger partial charge in [-0.3, -0.25) is 4.90 Å². The fourth-order valence-corrected chi connectivity index (χ4v) is 3.76. The maximum Gasteiger partial charge on any atom is 0.191 e. The quantitative estimate of drug-likeness (QED) is 0.296. The number of furan rings is 1. The van der Waals surface area contributed by atoms with Gasteiger partial charge in [-0.2, -0.15) is 0 Å². The zero-order valence-electron chi connectivity index (χ0n) is 19.9. The highest BCUT2D eigenvalue weighted by Gasteiger charge is 2.28. The number of aryl methyl sites for hydroxylation is 3. The van der Waals surface area contributed by atoms with E-state index >= 15 is 0 Å². The van der Waals surface area contributed by atoms with E-state index in [0.29, 0.717) is 19.0 Å². The first-order valence-electron chi connectivity index (χ1n) is 11.2. The number of rotatable bonds is 9. The van der Waals surface area contributed by atoms with Gasteiger partial charge in [-0.1, -0.05) is 0 Å². The summed E-state index contributed by atoms with van der Waals surface area (Å²) in [6.45, 7) is 13.5. The van der Waals surface area contributed by atoms with Gasteiger partial charge in [-0.05, 0) is 46.7 Å². The lowest BCUT2D eigenvalue weighted by Crippen LogP contribution is -2.45. The molecule has 3 N–H and O–H groups in total. The first-order chi connectivity index (χ1) is 15.3. The summed E-state index contributed by atoms with van der Waals surface area (Å²) >= 11 is 0. The number of aromatic nitrogens is 3. The van der Waals surface area contributed by atoms with E-state index in [2.05, 4.69) is 30.7 Å². The van der Waals surface area contributed by atoms with Crippen molar-refractivity contribution in [2.75, 3.05) is 45.9 Å². The van der Waals surface area contributed by atoms with Gasteiger partial charge in [0.25, 0.3) is 0 Å². The van der Waals surface area contributed by atoms with Gasteiger partial charge in [-0.15, -0.1) is 10.2 Å². The van der Waals surface area contributed by atoms with Crippen molar-refractivity contribution in [3.8, 4) is 0 Å². The van der Waals surface area contributed by atoms with Crippen molar-refractivity contribution in [3.05, 3.63) is 34.8 Å². The fourth-order valence-electron chi connectivity index (χ4n) is 3.76. The molecule has 3 heterocycles. The summed E-state index contributed by atoms with van der Waals surface area (Å²) in [5.74, 6) is 3.76. The molecule has 178 valence electrons. The third kappa shape index (κ3) is 6.54. The smallest absolute Gasteiger partial charge is 0.191 e. The van der Waals surface area contributed by atoms with Gasteiger partial charge in [0.1, 0.15) is 29.5 Å². The maximum atomic E-state index is 11.1. The monoisotopic (exact) mass is 447 g/mol. The topological polar surface area (TPSA) is 113 Å². The van der Waals surface area contributed by atoms with E-state index in [1.54, 1.807) is 6.92 Å². The Hall–Kier alpha value is -2.43. The summed E-state index contributed by atoms with van der Waals surface area (Å²) in [5, 5.41) is 26.0. The van der Waals surface area contributed by atoms with E-state index in [1.165, 1.54) is 0 Å². The maximum absolute atomic E-state index is 11.1. The number of aliphatic imine (C=N–C) groups is 1. The molecule has 1 aliphatic rings. The van der Waals surface area contributed by atoms with Crippen LogP contribution in [0.3, 0.4) is 0 Å². The standard InChI is InChI=1S/C22H37N7O3/c1-16-13-19(17(2)32-16)22(4,30)15-25-21(24-14-20-27-26-18(3)28(20)5)23-7-6-8-29-9-11-31-12-10-29/h13,30H,6-12,14-15H2,1-5H3,(H2,23,24,25). The highest BCUT2D eigenvalue weighted by atomic mass is 16.5. The molecule has 0 radical (unpaired) electrons. The van der Waals surface area contributed by atoms with Crippen LogP contribution in [0.5, 0.6) is 0 Å². The lowest BCUT2D eigenvalue weighted by molar-refractivity contribution is 0.0376. The van der Waals surface area contributed by atoms with Crippen LogP contribution in [0.2, 0.25) is 0 Å². The van der Waals surface area contributed by atoms with Crippen molar-refractivity contribution in [2.45, 2.75) is 46.3 Å². The summed E-state index contributed by atoms with van der Waals surface area (Å²) in [6, 6.07) is 1.88. The summed E-state index contributed by atoms with van der Waals surface area (Å²) in [7, 11) is 1.93. The zero-order valence-corrected chi connectivity index (χ0v) is 19.9. The van der Waals surface area contributed by atoms with Crippen molar-refractivity contribution >= 4 is 5.96 Å². The molecule has 0 amide bonds. The van der Waals surface area contributed by atoms with Gasteiger partial charge >= 0.3 is 0 Å². The molecule has 10 heteroatoms. The third-order valence-electron chi connectivity index (χ3n) is 5.83. The molecule has 0 saturated carbocycles. The highest BCUT2D eigenvalue weighted by Crippen LogP contribution is 2.26. The van der Waals surface area contributed by atoms with Crippen molar-refractivity contribution in [1.29, 1.82) is 0 Å². The molecule has 3 rings (SSSR count). The molecule has 32 heavy (non-hydrogen) atoms. The van der Waals surface area contributed by atoms with Crippen LogP contribution >= 0.6 is 0 Å². The number of aliphatic hydroxyl groups is 1. The molecule has 10 nitrogen and oxygen atoms in total. The first kappa shape index (κ1) is 24.2. The molecule has 2 aromatic heterocycles. The molecule has 2 aromatic rings. The Bertz CT molecular complexity index is 897. The molecule has 1 aliphatic heterocycles. The van der Waals surface area contributed by atoms with Crippen molar-refractivity contribution in [1.82, 2.24) is 30.3 Å². The summed E-state index contributed by atoms with van der Waals surface area (Å²) in [6.07, 6.45) is 0.986. The van der Waals surface area contributed by atoms with E-state index in [9.17, 15) is 5.11 Å². The number of nitrogens with one attached hydrogen (secondary N) is 2. The second-order valence-corrected chi connectivity index (χ2v) is 8.58. The molecule has 1 atom stereocenters. The van der Waals surface area contributed by atoms with Crippen LogP contribution in [0.1, 0.15) is 42.1 Å². The predicted molar refractivity (Wildman–Crippen MR) is 123 cm³/mol. The summed E-state index contributed by atoms with van der Waals surface area (Å²) in [4.78, 5) is 7.09. The Balaban J connectivity index is 1.60. The first-order valence-corrected chi connectivity index (χ1v) is 11.2. The van der Waals surface area contributed by atoms with E-state index in [-0.39, 0.29) is 0 Å². The number of hydrogen-bond donors (Lipinski definition) is 3. The normalized spacial score (nSPS) is 17.4. The van der Waals surface area contributed by atoms with Crippen LogP contribution in [0.4, 0.5) is 0 Å². The van der Waals surface area contributed by atoms with Gasteiger partial charge in [0, 0.05) is 32.2 Å². The summed E-state index contributed by atoms with van der Waals surface area (Å²) < 4.78 is 12.9. The van der Waals surface area contributed by atoms with Gasteiger partial charge in [0.15, 0.2) is 11.8 Å². The third-order valence-corrected chi connectivity index (χ3v) is 5.83. The minimum Gasteiger partial charge on any atom is -0.466 e. The molecule has 0 aromatic carbocycles. The summed E-state index contributed by atoms with van der Waals surface area (Å²) in [5.41, 5.74) is -0.322. The number of morpholine rings is 1. The highest BCUT2D eigenvalue weighted by molar-refractivity contribution is 5.79. The lowest BCUT2D eigenvalue weighted by Gasteiger charge is -2.27. The number of nitrogens with zero attached hydrogens (tertiary/aromatic N) is 5. The van der Waals surface area contributed by atoms with E-state index in [0.717, 1.165) is 74.5 Å². The largest absolute Gasteiger partial charge is 0.466 e. The average Bonchev–Trinajstić information content (AvgIpc) is 3.28. The number of ether oxygens (including phenoxy) is 1. The number of hydrogen-bond acceptors (Lipinski definition) is 7. The minimum absolute atomic E-state index is 0.292. The van der Waals surface area contributed by atoms with Crippen LogP contribution in [0, 0.1) is 20.8 Å². The van der Waals surface area contributed by atoms with Crippen LogP contribution in [0.15, 0.2) is 15.5 Å². The fraction of sp³-hybridized carbons (Fsp3) is 0.682. The average molecular weight is 448 g/mol. The Kier molecular flexibility index (Phi) is 8.27. The van der Waals surface area contributed by atoms with Gasteiger partial charge in [0.05, 0.1) is 19.8 Å². The molecule has 1 saturated heterocycles.